The molecule has 0 aliphatic carbocycles. The van der Waals surface area contributed by atoms with Gasteiger partial charge in [-0.2, -0.15) is 4.31 Å². The Kier molecular flexibility index (Phi) is 7.67. The molecular formula is C16H27N3O3S. The van der Waals surface area contributed by atoms with E-state index in [2.05, 4.69) is 5.32 Å². The molecule has 0 spiro atoms. The van der Waals surface area contributed by atoms with Gasteiger partial charge in [-0.25, -0.2) is 8.42 Å². The molecule has 0 saturated heterocycles. The van der Waals surface area contributed by atoms with Gasteiger partial charge in [-0.3, -0.25) is 4.79 Å². The second kappa shape index (κ2) is 9.00. The lowest BCUT2D eigenvalue weighted by atomic mass is 10.1. The highest BCUT2D eigenvalue weighted by Crippen LogP contribution is 2.04. The van der Waals surface area contributed by atoms with Crippen LogP contribution >= 0.6 is 0 Å². The van der Waals surface area contributed by atoms with Gasteiger partial charge in [0.1, 0.15) is 0 Å². The average molecular weight is 341 g/mol. The molecule has 6 nitrogen and oxygen atoms in total. The van der Waals surface area contributed by atoms with E-state index in [-0.39, 0.29) is 12.5 Å². The van der Waals surface area contributed by atoms with Crippen molar-refractivity contribution in [3.8, 4) is 0 Å². The Morgan fingerprint density at radius 1 is 1.22 bits per heavy atom. The normalized spacial score (nSPS) is 11.9. The van der Waals surface area contributed by atoms with Gasteiger partial charge in [-0.05, 0) is 39.5 Å². The Bertz CT molecular complexity index is 615. The molecule has 1 aromatic carbocycles. The number of carbonyl (C=O) groups excluding carboxylic acids is 1. The topological polar surface area (TPSA) is 69.7 Å². The number of carbonyl (C=O) groups is 1. The van der Waals surface area contributed by atoms with Crippen LogP contribution < -0.4 is 5.32 Å². The number of sulfonamides is 1. The second-order valence-corrected chi connectivity index (χ2v) is 8.00. The molecule has 0 atom stereocenters. The summed E-state index contributed by atoms with van der Waals surface area (Å²) < 4.78 is 24.8. The molecule has 1 amide bonds. The highest BCUT2D eigenvalue weighted by atomic mass is 32.2. The number of aryl methyl sites for hydroxylation is 1. The smallest absolute Gasteiger partial charge is 0.235 e. The standard InChI is InChI=1S/C16H27N3O3S/c1-14-7-5-8-15(11-14)12-17-16(20)13-19(23(4,21)22)10-6-9-18(2)3/h5,7-8,11H,6,9-10,12-13H2,1-4H3,(H,17,20). The number of amides is 1. The number of hydrogen-bond donors (Lipinski definition) is 1. The molecule has 0 unspecified atom stereocenters. The highest BCUT2D eigenvalue weighted by molar-refractivity contribution is 7.88. The van der Waals surface area contributed by atoms with Gasteiger partial charge in [-0.15, -0.1) is 0 Å². The molecule has 0 fully saturated rings. The number of nitrogens with zero attached hydrogens (tertiary/aromatic N) is 2. The van der Waals surface area contributed by atoms with Crippen molar-refractivity contribution in [2.75, 3.05) is 40.0 Å². The Balaban J connectivity index is 2.53. The Hall–Kier alpha value is -1.44. The molecule has 23 heavy (non-hydrogen) atoms. The minimum atomic E-state index is -3.39. The third-order valence-electron chi connectivity index (χ3n) is 3.37. The van der Waals surface area contributed by atoms with Crippen molar-refractivity contribution in [2.45, 2.75) is 19.9 Å². The third-order valence-corrected chi connectivity index (χ3v) is 4.62. The van der Waals surface area contributed by atoms with Gasteiger partial charge in [0.15, 0.2) is 0 Å². The lowest BCUT2D eigenvalue weighted by Gasteiger charge is -2.20. The van der Waals surface area contributed by atoms with Gasteiger partial charge >= 0.3 is 0 Å². The molecular weight excluding hydrogens is 314 g/mol. The van der Waals surface area contributed by atoms with Crippen molar-refractivity contribution in [1.29, 1.82) is 0 Å². The fraction of sp³-hybridized carbons (Fsp3) is 0.562. The van der Waals surface area contributed by atoms with Crippen LogP contribution in [-0.2, 0) is 21.4 Å². The van der Waals surface area contributed by atoms with E-state index < -0.39 is 10.0 Å². The first-order valence-corrected chi connectivity index (χ1v) is 9.45. The predicted molar refractivity (Wildman–Crippen MR) is 92.6 cm³/mol. The summed E-state index contributed by atoms with van der Waals surface area (Å²) in [6, 6.07) is 7.84. The summed E-state index contributed by atoms with van der Waals surface area (Å²) in [7, 11) is 0.466. The zero-order valence-corrected chi connectivity index (χ0v) is 15.2. The Morgan fingerprint density at radius 3 is 2.48 bits per heavy atom. The van der Waals surface area contributed by atoms with Crippen LogP contribution in [0.15, 0.2) is 24.3 Å². The van der Waals surface area contributed by atoms with E-state index in [1.54, 1.807) is 0 Å². The lowest BCUT2D eigenvalue weighted by molar-refractivity contribution is -0.121. The summed E-state index contributed by atoms with van der Waals surface area (Å²) in [5.74, 6) is -0.290. The van der Waals surface area contributed by atoms with Crippen LogP contribution in [0.3, 0.4) is 0 Å². The van der Waals surface area contributed by atoms with Crippen LogP contribution in [0.25, 0.3) is 0 Å². The SMILES string of the molecule is Cc1cccc(CNC(=O)CN(CCCN(C)C)S(C)(=O)=O)c1. The van der Waals surface area contributed by atoms with Crippen LogP contribution in [0.5, 0.6) is 0 Å². The molecule has 7 heteroatoms. The first-order valence-electron chi connectivity index (χ1n) is 7.60. The summed E-state index contributed by atoms with van der Waals surface area (Å²) in [5, 5.41) is 2.77. The fourth-order valence-electron chi connectivity index (χ4n) is 2.16. The van der Waals surface area contributed by atoms with Gasteiger partial charge in [0.2, 0.25) is 15.9 Å². The van der Waals surface area contributed by atoms with Gasteiger partial charge in [0.25, 0.3) is 0 Å². The third kappa shape index (κ3) is 8.11. The minimum Gasteiger partial charge on any atom is -0.351 e. The van der Waals surface area contributed by atoms with E-state index in [0.717, 1.165) is 23.9 Å². The van der Waals surface area contributed by atoms with E-state index in [4.69, 9.17) is 0 Å². The molecule has 0 aromatic heterocycles. The lowest BCUT2D eigenvalue weighted by Crippen LogP contribution is -2.41. The molecule has 0 heterocycles. The molecule has 0 aliphatic heterocycles. The number of benzene rings is 1. The van der Waals surface area contributed by atoms with Crippen molar-refractivity contribution in [3.05, 3.63) is 35.4 Å². The average Bonchev–Trinajstić information content (AvgIpc) is 2.43. The van der Waals surface area contributed by atoms with Crippen LogP contribution in [-0.4, -0.2) is 63.5 Å². The first-order chi connectivity index (χ1) is 10.7. The Morgan fingerprint density at radius 2 is 1.91 bits per heavy atom. The fourth-order valence-corrected chi connectivity index (χ4v) is 2.98. The molecule has 1 N–H and O–H groups in total. The van der Waals surface area contributed by atoms with Gasteiger partial charge < -0.3 is 10.2 Å². The van der Waals surface area contributed by atoms with Crippen LogP contribution in [0, 0.1) is 6.92 Å². The number of rotatable bonds is 9. The van der Waals surface area contributed by atoms with E-state index in [9.17, 15) is 13.2 Å². The van der Waals surface area contributed by atoms with Crippen molar-refractivity contribution in [2.24, 2.45) is 0 Å². The summed E-state index contributed by atoms with van der Waals surface area (Å²) in [5.41, 5.74) is 2.12. The van der Waals surface area contributed by atoms with E-state index >= 15 is 0 Å². The summed E-state index contributed by atoms with van der Waals surface area (Å²) in [6.07, 6.45) is 1.82. The maximum atomic E-state index is 12.0. The molecule has 0 radical (unpaired) electrons. The van der Waals surface area contributed by atoms with Crippen LogP contribution in [0.1, 0.15) is 17.5 Å². The van der Waals surface area contributed by atoms with Crippen molar-refractivity contribution < 1.29 is 13.2 Å². The van der Waals surface area contributed by atoms with E-state index in [1.807, 2.05) is 50.2 Å². The van der Waals surface area contributed by atoms with Crippen LogP contribution in [0.4, 0.5) is 0 Å². The number of hydrogen-bond acceptors (Lipinski definition) is 4. The molecule has 0 aliphatic rings. The zero-order valence-electron chi connectivity index (χ0n) is 14.4. The monoisotopic (exact) mass is 341 g/mol. The Labute approximate surface area is 139 Å². The van der Waals surface area contributed by atoms with Crippen LogP contribution in [0.2, 0.25) is 0 Å². The zero-order chi connectivity index (χ0) is 17.5. The highest BCUT2D eigenvalue weighted by Gasteiger charge is 2.19. The largest absolute Gasteiger partial charge is 0.351 e. The number of nitrogens with one attached hydrogen (secondary N) is 1. The maximum absolute atomic E-state index is 12.0. The summed E-state index contributed by atoms with van der Waals surface area (Å²) >= 11 is 0. The molecule has 130 valence electrons. The van der Waals surface area contributed by atoms with Gasteiger partial charge in [0.05, 0.1) is 12.8 Å². The van der Waals surface area contributed by atoms with Crippen molar-refractivity contribution >= 4 is 15.9 Å². The first kappa shape index (κ1) is 19.6. The van der Waals surface area contributed by atoms with Crippen molar-refractivity contribution in [3.63, 3.8) is 0 Å². The molecule has 1 aromatic rings. The molecule has 0 bridgehead atoms. The molecule has 1 rings (SSSR count). The van der Waals surface area contributed by atoms with E-state index in [1.165, 1.54) is 4.31 Å². The summed E-state index contributed by atoms with van der Waals surface area (Å²) in [4.78, 5) is 14.0. The maximum Gasteiger partial charge on any atom is 0.235 e. The van der Waals surface area contributed by atoms with Gasteiger partial charge in [-0.1, -0.05) is 29.8 Å². The molecule has 0 saturated carbocycles. The minimum absolute atomic E-state index is 0.141. The van der Waals surface area contributed by atoms with Gasteiger partial charge in [0, 0.05) is 13.1 Å². The predicted octanol–water partition coefficient (Wildman–Crippen LogP) is 0.825. The second-order valence-electron chi connectivity index (χ2n) is 6.02. The van der Waals surface area contributed by atoms with Crippen molar-refractivity contribution in [1.82, 2.24) is 14.5 Å². The van der Waals surface area contributed by atoms with E-state index in [0.29, 0.717) is 19.5 Å². The quantitative estimate of drug-likeness (QED) is 0.722. The summed E-state index contributed by atoms with van der Waals surface area (Å²) in [6.45, 7) is 3.36.